The van der Waals surface area contributed by atoms with Crippen molar-refractivity contribution in [3.8, 4) is 0 Å². The van der Waals surface area contributed by atoms with Crippen LogP contribution in [0.3, 0.4) is 0 Å². The first kappa shape index (κ1) is 16.2. The standard InChI is InChI=1S/C20H34N2S/c1-2-5-18(22-19(23)21-17-6-3-4-7-17)20-11-14-8-15(12-20)10-16(9-14)13-20/h14-18H,2-13H2,1H3,(H2,21,22,23). The van der Waals surface area contributed by atoms with Gasteiger partial charge >= 0.3 is 0 Å². The maximum absolute atomic E-state index is 5.71. The molecule has 1 atom stereocenters. The molecule has 2 nitrogen and oxygen atoms in total. The number of nitrogens with one attached hydrogen (secondary N) is 2. The fraction of sp³-hybridized carbons (Fsp3) is 0.950. The minimum absolute atomic E-state index is 0.562. The summed E-state index contributed by atoms with van der Waals surface area (Å²) in [6.07, 6.45) is 16.9. The molecule has 3 heteroatoms. The largest absolute Gasteiger partial charge is 0.360 e. The smallest absolute Gasteiger partial charge is 0.166 e. The Kier molecular flexibility index (Phi) is 4.60. The van der Waals surface area contributed by atoms with Crippen LogP contribution in [0.4, 0.5) is 0 Å². The molecule has 5 rings (SSSR count). The molecule has 5 saturated carbocycles. The quantitative estimate of drug-likeness (QED) is 0.708. The van der Waals surface area contributed by atoms with Crippen LogP contribution in [-0.4, -0.2) is 17.2 Å². The first-order chi connectivity index (χ1) is 11.2. The summed E-state index contributed by atoms with van der Waals surface area (Å²) in [6, 6.07) is 1.25. The van der Waals surface area contributed by atoms with E-state index in [-0.39, 0.29) is 0 Å². The second kappa shape index (κ2) is 6.54. The molecule has 5 fully saturated rings. The molecule has 0 aromatic rings. The van der Waals surface area contributed by atoms with Gasteiger partial charge in [-0.1, -0.05) is 26.2 Å². The predicted octanol–water partition coefficient (Wildman–Crippen LogP) is 4.78. The van der Waals surface area contributed by atoms with Gasteiger partial charge in [0, 0.05) is 12.1 Å². The summed E-state index contributed by atoms with van der Waals surface area (Å²) in [5, 5.41) is 8.39. The molecule has 0 radical (unpaired) electrons. The normalized spacial score (nSPS) is 40.3. The molecule has 5 aliphatic rings. The summed E-state index contributed by atoms with van der Waals surface area (Å²) in [5.41, 5.74) is 0.562. The van der Waals surface area contributed by atoms with Crippen LogP contribution in [0.5, 0.6) is 0 Å². The lowest BCUT2D eigenvalue weighted by atomic mass is 9.47. The third-order valence-electron chi connectivity index (χ3n) is 7.40. The molecular weight excluding hydrogens is 300 g/mol. The second-order valence-corrected chi connectivity index (χ2v) is 9.63. The first-order valence-electron chi connectivity index (χ1n) is 10.2. The van der Waals surface area contributed by atoms with E-state index < -0.39 is 0 Å². The van der Waals surface area contributed by atoms with Crippen molar-refractivity contribution in [3.63, 3.8) is 0 Å². The predicted molar refractivity (Wildman–Crippen MR) is 100 cm³/mol. The molecule has 4 bridgehead atoms. The summed E-state index contributed by atoms with van der Waals surface area (Å²) >= 11 is 5.71. The fourth-order valence-electron chi connectivity index (χ4n) is 6.88. The van der Waals surface area contributed by atoms with E-state index in [0.29, 0.717) is 17.5 Å². The Balaban J connectivity index is 1.43. The van der Waals surface area contributed by atoms with Crippen LogP contribution in [-0.2, 0) is 0 Å². The van der Waals surface area contributed by atoms with Gasteiger partial charge in [-0.25, -0.2) is 0 Å². The second-order valence-electron chi connectivity index (χ2n) is 9.22. The molecule has 1 unspecified atom stereocenters. The highest BCUT2D eigenvalue weighted by atomic mass is 32.1. The zero-order valence-corrected chi connectivity index (χ0v) is 15.6. The third-order valence-corrected chi connectivity index (χ3v) is 7.63. The summed E-state index contributed by atoms with van der Waals surface area (Å²) < 4.78 is 0. The van der Waals surface area contributed by atoms with Crippen LogP contribution in [0.1, 0.15) is 84.0 Å². The van der Waals surface area contributed by atoms with E-state index >= 15 is 0 Å². The Morgan fingerprint density at radius 1 is 1.04 bits per heavy atom. The summed E-state index contributed by atoms with van der Waals surface area (Å²) in [7, 11) is 0. The lowest BCUT2D eigenvalue weighted by Gasteiger charge is -2.59. The number of hydrogen-bond donors (Lipinski definition) is 2. The van der Waals surface area contributed by atoms with Crippen molar-refractivity contribution in [1.82, 2.24) is 10.6 Å². The van der Waals surface area contributed by atoms with Gasteiger partial charge in [0.15, 0.2) is 5.11 Å². The Labute approximate surface area is 147 Å². The lowest BCUT2D eigenvalue weighted by Crippen LogP contribution is -2.58. The highest BCUT2D eigenvalue weighted by Crippen LogP contribution is 2.61. The highest BCUT2D eigenvalue weighted by molar-refractivity contribution is 7.80. The van der Waals surface area contributed by atoms with Gasteiger partial charge in [-0.05, 0) is 93.2 Å². The molecule has 0 amide bonds. The molecule has 2 N–H and O–H groups in total. The van der Waals surface area contributed by atoms with Crippen molar-refractivity contribution < 1.29 is 0 Å². The molecule has 0 saturated heterocycles. The van der Waals surface area contributed by atoms with Crippen molar-refractivity contribution in [3.05, 3.63) is 0 Å². The van der Waals surface area contributed by atoms with Crippen LogP contribution in [0.2, 0.25) is 0 Å². The van der Waals surface area contributed by atoms with Gasteiger partial charge < -0.3 is 10.6 Å². The fourth-order valence-corrected chi connectivity index (χ4v) is 7.19. The van der Waals surface area contributed by atoms with Crippen LogP contribution in [0, 0.1) is 23.2 Å². The molecule has 0 heterocycles. The highest BCUT2D eigenvalue weighted by Gasteiger charge is 2.54. The maximum Gasteiger partial charge on any atom is 0.166 e. The van der Waals surface area contributed by atoms with Gasteiger partial charge in [-0.15, -0.1) is 0 Å². The maximum atomic E-state index is 5.71. The van der Waals surface area contributed by atoms with Crippen LogP contribution < -0.4 is 10.6 Å². The van der Waals surface area contributed by atoms with E-state index in [4.69, 9.17) is 12.2 Å². The van der Waals surface area contributed by atoms with Gasteiger partial charge in [0.05, 0.1) is 0 Å². The van der Waals surface area contributed by atoms with Gasteiger partial charge in [-0.2, -0.15) is 0 Å². The van der Waals surface area contributed by atoms with Gasteiger partial charge in [-0.3, -0.25) is 0 Å². The van der Waals surface area contributed by atoms with Crippen LogP contribution >= 0.6 is 12.2 Å². The summed E-state index contributed by atoms with van der Waals surface area (Å²) in [6.45, 7) is 2.34. The van der Waals surface area contributed by atoms with E-state index in [2.05, 4.69) is 17.6 Å². The number of thiocarbonyl (C=S) groups is 1. The minimum Gasteiger partial charge on any atom is -0.360 e. The summed E-state index contributed by atoms with van der Waals surface area (Å²) in [5.74, 6) is 3.08. The van der Waals surface area contributed by atoms with Gasteiger partial charge in [0.2, 0.25) is 0 Å². The number of rotatable bonds is 5. The summed E-state index contributed by atoms with van der Waals surface area (Å²) in [4.78, 5) is 0. The van der Waals surface area contributed by atoms with E-state index in [9.17, 15) is 0 Å². The molecule has 0 spiro atoms. The van der Waals surface area contributed by atoms with E-state index in [1.807, 2.05) is 0 Å². The van der Waals surface area contributed by atoms with Crippen LogP contribution in [0.15, 0.2) is 0 Å². The first-order valence-corrected chi connectivity index (χ1v) is 10.6. The average Bonchev–Trinajstić information content (AvgIpc) is 2.98. The molecule has 0 aliphatic heterocycles. The molecule has 130 valence electrons. The molecule has 0 aromatic carbocycles. The molecule has 0 aromatic heterocycles. The zero-order valence-electron chi connectivity index (χ0n) is 14.8. The molecular formula is C20H34N2S. The Bertz CT molecular complexity index is 406. The van der Waals surface area contributed by atoms with E-state index in [1.165, 1.54) is 77.0 Å². The Morgan fingerprint density at radius 2 is 1.61 bits per heavy atom. The van der Waals surface area contributed by atoms with Crippen molar-refractivity contribution >= 4 is 17.3 Å². The van der Waals surface area contributed by atoms with Crippen molar-refractivity contribution in [1.29, 1.82) is 0 Å². The van der Waals surface area contributed by atoms with Crippen molar-refractivity contribution in [2.45, 2.75) is 96.1 Å². The molecule has 23 heavy (non-hydrogen) atoms. The Hall–Kier alpha value is -0.310. The third kappa shape index (κ3) is 3.27. The molecule has 5 aliphatic carbocycles. The SMILES string of the molecule is CCCC(NC(=S)NC1CCCC1)C12CC3CC(CC(C3)C1)C2. The van der Waals surface area contributed by atoms with Gasteiger partial charge in [0.25, 0.3) is 0 Å². The number of hydrogen-bond acceptors (Lipinski definition) is 1. The van der Waals surface area contributed by atoms with Crippen molar-refractivity contribution in [2.24, 2.45) is 23.2 Å². The zero-order chi connectivity index (χ0) is 15.9. The van der Waals surface area contributed by atoms with Crippen molar-refractivity contribution in [2.75, 3.05) is 0 Å². The topological polar surface area (TPSA) is 24.1 Å². The van der Waals surface area contributed by atoms with E-state index in [1.54, 1.807) is 0 Å². The van der Waals surface area contributed by atoms with Gasteiger partial charge in [0.1, 0.15) is 0 Å². The lowest BCUT2D eigenvalue weighted by molar-refractivity contribution is -0.0720. The Morgan fingerprint density at radius 3 is 2.13 bits per heavy atom. The monoisotopic (exact) mass is 334 g/mol. The minimum atomic E-state index is 0.562. The van der Waals surface area contributed by atoms with Crippen LogP contribution in [0.25, 0.3) is 0 Å². The van der Waals surface area contributed by atoms with E-state index in [0.717, 1.165) is 22.9 Å². The average molecular weight is 335 g/mol.